The summed E-state index contributed by atoms with van der Waals surface area (Å²) in [7, 11) is 0. The van der Waals surface area contributed by atoms with Gasteiger partial charge in [0, 0.05) is 33.5 Å². The Bertz CT molecular complexity index is 1600. The lowest BCUT2D eigenvalue weighted by atomic mass is 9.92. The number of carbonyl (C=O) groups excluding carboxylic acids is 1. The number of ether oxygens (including phenoxy) is 2. The van der Waals surface area contributed by atoms with Crippen LogP contribution in [0.1, 0.15) is 32.5 Å². The summed E-state index contributed by atoms with van der Waals surface area (Å²) in [6.07, 6.45) is 0.796. The van der Waals surface area contributed by atoms with Gasteiger partial charge in [-0.15, -0.1) is 11.3 Å². The van der Waals surface area contributed by atoms with E-state index in [0.29, 0.717) is 22.9 Å². The van der Waals surface area contributed by atoms with Gasteiger partial charge in [-0.3, -0.25) is 4.79 Å². The number of fused-ring (bicyclic) bond motifs is 5. The Morgan fingerprint density at radius 2 is 1.91 bits per heavy atom. The maximum atomic E-state index is 13.9. The van der Waals surface area contributed by atoms with Crippen LogP contribution in [-0.4, -0.2) is 29.1 Å². The molecule has 1 atom stereocenters. The molecule has 0 saturated heterocycles. The normalized spacial score (nSPS) is 16.8. The van der Waals surface area contributed by atoms with Gasteiger partial charge in [0.25, 0.3) is 5.91 Å². The van der Waals surface area contributed by atoms with Gasteiger partial charge in [0.05, 0.1) is 10.9 Å². The molecule has 5 aromatic rings. The lowest BCUT2D eigenvalue weighted by Gasteiger charge is -2.36. The number of nitrogens with zero attached hydrogens (tertiary/aromatic N) is 1. The Hall–Kier alpha value is -3.97. The average molecular weight is 468 g/mol. The zero-order valence-corrected chi connectivity index (χ0v) is 19.0. The molecule has 4 heterocycles. The first kappa shape index (κ1) is 19.5. The summed E-state index contributed by atoms with van der Waals surface area (Å²) < 4.78 is 12.2. The van der Waals surface area contributed by atoms with Crippen LogP contribution in [0.3, 0.4) is 0 Å². The second-order valence-electron chi connectivity index (χ2n) is 8.73. The molecule has 7 rings (SSSR count). The number of amides is 1. The molecule has 7 heteroatoms. The van der Waals surface area contributed by atoms with Gasteiger partial charge in [0.2, 0.25) is 6.79 Å². The number of aromatic nitrogens is 1. The summed E-state index contributed by atoms with van der Waals surface area (Å²) in [5.74, 6) is 1.47. The van der Waals surface area contributed by atoms with E-state index in [1.54, 1.807) is 0 Å². The predicted molar refractivity (Wildman–Crippen MR) is 134 cm³/mol. The largest absolute Gasteiger partial charge is 0.454 e. The standard InChI is InChI=1S/C27H21N3O3S/c28-17-6-8-23-16(11-17)13-24(34-23)27(31)30-10-9-19-18-3-1-2-4-20(18)29-25(19)26(30)15-5-7-21-22(12-15)33-14-32-21/h1-8,11-13,26,29H,9-10,14,28H2. The van der Waals surface area contributed by atoms with Crippen LogP contribution in [0.4, 0.5) is 5.69 Å². The van der Waals surface area contributed by atoms with E-state index in [0.717, 1.165) is 39.0 Å². The minimum absolute atomic E-state index is 0.0201. The van der Waals surface area contributed by atoms with Crippen molar-refractivity contribution < 1.29 is 14.3 Å². The molecule has 0 spiro atoms. The van der Waals surface area contributed by atoms with Crippen molar-refractivity contribution in [2.24, 2.45) is 0 Å². The number of aromatic amines is 1. The molecule has 1 amide bonds. The zero-order chi connectivity index (χ0) is 22.8. The molecule has 3 aromatic carbocycles. The lowest BCUT2D eigenvalue weighted by molar-refractivity contribution is 0.0697. The summed E-state index contributed by atoms with van der Waals surface area (Å²) in [4.78, 5) is 20.2. The minimum atomic E-state index is -0.256. The van der Waals surface area contributed by atoms with Gasteiger partial charge in [0.15, 0.2) is 11.5 Å². The summed E-state index contributed by atoms with van der Waals surface area (Å²) in [5, 5.41) is 2.21. The molecule has 168 valence electrons. The first-order valence-electron chi connectivity index (χ1n) is 11.2. The second kappa shape index (κ2) is 7.27. The van der Waals surface area contributed by atoms with Gasteiger partial charge in [-0.1, -0.05) is 24.3 Å². The molecule has 0 radical (unpaired) electrons. The highest BCUT2D eigenvalue weighted by Gasteiger charge is 2.36. The number of nitrogens with one attached hydrogen (secondary N) is 1. The zero-order valence-electron chi connectivity index (χ0n) is 18.2. The van der Waals surface area contributed by atoms with Crippen molar-refractivity contribution in [1.82, 2.24) is 9.88 Å². The Morgan fingerprint density at radius 3 is 2.85 bits per heavy atom. The summed E-state index contributed by atoms with van der Waals surface area (Å²) >= 11 is 1.51. The fraction of sp³-hybridized carbons (Fsp3) is 0.148. The van der Waals surface area contributed by atoms with Crippen LogP contribution in [0.5, 0.6) is 11.5 Å². The number of nitrogens with two attached hydrogens (primary N) is 1. The third-order valence-corrected chi connectivity index (χ3v) is 7.86. The molecule has 2 aromatic heterocycles. The van der Waals surface area contributed by atoms with Crippen molar-refractivity contribution in [2.45, 2.75) is 12.5 Å². The predicted octanol–water partition coefficient (Wildman–Crippen LogP) is 5.48. The highest BCUT2D eigenvalue weighted by atomic mass is 32.1. The molecule has 2 aliphatic heterocycles. The van der Waals surface area contributed by atoms with Gasteiger partial charge >= 0.3 is 0 Å². The van der Waals surface area contributed by atoms with Crippen molar-refractivity contribution >= 4 is 43.9 Å². The van der Waals surface area contributed by atoms with Crippen LogP contribution in [0.15, 0.2) is 66.7 Å². The van der Waals surface area contributed by atoms with Crippen molar-refractivity contribution in [1.29, 1.82) is 0 Å². The number of H-pyrrole nitrogens is 1. The molecule has 2 aliphatic rings. The first-order chi connectivity index (χ1) is 16.7. The summed E-state index contributed by atoms with van der Waals surface area (Å²) in [6, 6.07) is 21.8. The van der Waals surface area contributed by atoms with E-state index in [4.69, 9.17) is 15.2 Å². The van der Waals surface area contributed by atoms with Gasteiger partial charge in [-0.05, 0) is 65.4 Å². The summed E-state index contributed by atoms with van der Waals surface area (Å²) in [6.45, 7) is 0.845. The highest BCUT2D eigenvalue weighted by molar-refractivity contribution is 7.20. The topological polar surface area (TPSA) is 80.6 Å². The first-order valence-corrected chi connectivity index (χ1v) is 12.1. The number of carbonyl (C=O) groups is 1. The Morgan fingerprint density at radius 1 is 1.03 bits per heavy atom. The van der Waals surface area contributed by atoms with Crippen molar-refractivity contribution in [3.05, 3.63) is 88.4 Å². The average Bonchev–Trinajstić information content (AvgIpc) is 3.58. The molecule has 0 saturated carbocycles. The molecular weight excluding hydrogens is 446 g/mol. The van der Waals surface area contributed by atoms with Crippen molar-refractivity contribution in [3.63, 3.8) is 0 Å². The van der Waals surface area contributed by atoms with E-state index in [2.05, 4.69) is 23.2 Å². The van der Waals surface area contributed by atoms with E-state index in [9.17, 15) is 4.79 Å². The SMILES string of the molecule is Nc1ccc2sc(C(=O)N3CCc4c([nH]c5ccccc45)C3c3ccc4c(c3)OCO4)cc2c1. The van der Waals surface area contributed by atoms with Gasteiger partial charge in [0.1, 0.15) is 0 Å². The van der Waals surface area contributed by atoms with E-state index in [-0.39, 0.29) is 18.7 Å². The van der Waals surface area contributed by atoms with Crippen LogP contribution in [0.25, 0.3) is 21.0 Å². The Labute approximate surface area is 199 Å². The highest BCUT2D eigenvalue weighted by Crippen LogP contribution is 2.43. The third-order valence-electron chi connectivity index (χ3n) is 6.76. The molecule has 0 fully saturated rings. The fourth-order valence-corrected chi connectivity index (χ4v) is 6.20. The lowest BCUT2D eigenvalue weighted by Crippen LogP contribution is -2.40. The maximum absolute atomic E-state index is 13.9. The quantitative estimate of drug-likeness (QED) is 0.337. The number of benzene rings is 3. The van der Waals surface area contributed by atoms with Gasteiger partial charge in [-0.25, -0.2) is 0 Å². The number of hydrogen-bond acceptors (Lipinski definition) is 5. The number of thiophene rings is 1. The molecule has 34 heavy (non-hydrogen) atoms. The van der Waals surface area contributed by atoms with Crippen molar-refractivity contribution in [3.8, 4) is 11.5 Å². The Balaban J connectivity index is 1.38. The third kappa shape index (κ3) is 2.90. The van der Waals surface area contributed by atoms with E-state index >= 15 is 0 Å². The van der Waals surface area contributed by atoms with Crippen molar-refractivity contribution in [2.75, 3.05) is 19.1 Å². The maximum Gasteiger partial charge on any atom is 0.264 e. The molecule has 1 unspecified atom stereocenters. The molecule has 0 bridgehead atoms. The smallest absolute Gasteiger partial charge is 0.264 e. The number of nitrogen functional groups attached to an aromatic ring is 1. The van der Waals surface area contributed by atoms with E-state index < -0.39 is 0 Å². The van der Waals surface area contributed by atoms with Crippen LogP contribution >= 0.6 is 11.3 Å². The van der Waals surface area contributed by atoms with Crippen LogP contribution in [-0.2, 0) is 6.42 Å². The van der Waals surface area contributed by atoms with E-state index in [1.807, 2.05) is 53.4 Å². The number of rotatable bonds is 2. The number of anilines is 1. The van der Waals surface area contributed by atoms with Crippen LogP contribution in [0, 0.1) is 0 Å². The van der Waals surface area contributed by atoms with E-state index in [1.165, 1.54) is 22.3 Å². The number of para-hydroxylation sites is 1. The van der Waals surface area contributed by atoms with Crippen LogP contribution in [0.2, 0.25) is 0 Å². The summed E-state index contributed by atoms with van der Waals surface area (Å²) in [5.41, 5.74) is 11.1. The minimum Gasteiger partial charge on any atom is -0.454 e. The molecule has 6 nitrogen and oxygen atoms in total. The van der Waals surface area contributed by atoms with Gasteiger partial charge < -0.3 is 25.1 Å². The second-order valence-corrected chi connectivity index (χ2v) is 9.82. The Kier molecular flexibility index (Phi) is 4.17. The molecular formula is C27H21N3O3S. The monoisotopic (exact) mass is 467 g/mol. The number of hydrogen-bond donors (Lipinski definition) is 2. The van der Waals surface area contributed by atoms with Crippen LogP contribution < -0.4 is 15.2 Å². The molecule has 0 aliphatic carbocycles. The molecule has 3 N–H and O–H groups in total. The fourth-order valence-electron chi connectivity index (χ4n) is 5.20. The van der Waals surface area contributed by atoms with Gasteiger partial charge in [-0.2, -0.15) is 0 Å².